The molecule has 0 N–H and O–H groups in total. The first-order chi connectivity index (χ1) is 61.8. The second-order valence-corrected chi connectivity index (χ2v) is 36.4. The number of hydrogen-bond donors (Lipinski definition) is 0. The third-order valence-corrected chi connectivity index (χ3v) is 23.2. The Morgan fingerprint density at radius 3 is 0.711 bits per heavy atom. The van der Waals surface area contributed by atoms with Crippen LogP contribution in [0.25, 0.3) is 9.69 Å². The predicted octanol–water partition coefficient (Wildman–Crippen LogP) is 11.4. The number of hydrogen-bond acceptors (Lipinski definition) is 31. The molecule has 0 radical (unpaired) electrons. The topological polar surface area (TPSA) is 331 Å². The maximum Gasteiger partial charge on any atom is 0.349 e. The molecule has 4 fully saturated rings. The van der Waals surface area contributed by atoms with Crippen molar-refractivity contribution < 1.29 is 119 Å². The average Bonchev–Trinajstić information content (AvgIpc) is 1.16. The van der Waals surface area contributed by atoms with E-state index in [-0.39, 0.29) is 134 Å². The number of nitrogens with zero attached hydrogens (tertiary/aromatic N) is 8. The van der Waals surface area contributed by atoms with Gasteiger partial charge in [0.15, 0.2) is 0 Å². The fraction of sp³-hybridized carbons (Fsp3) is 0.747. The molecule has 0 unspecified atom stereocenters. The molecule has 8 aliphatic rings. The van der Waals surface area contributed by atoms with Crippen LogP contribution < -0.4 is 0 Å². The summed E-state index contributed by atoms with van der Waals surface area (Å²) in [5.41, 5.74) is -1.94. The predicted molar refractivity (Wildman–Crippen MR) is 471 cm³/mol. The van der Waals surface area contributed by atoms with E-state index in [2.05, 4.69) is 41.4 Å². The molecular weight excluding hydrogens is 1650 g/mol. The molecule has 4 saturated heterocycles. The summed E-state index contributed by atoms with van der Waals surface area (Å²) in [7, 11) is 6.38. The standard InChI is InChI=1S/C95H144N8O25/c1-91(2)57-71(83(77(61-91)100-23-15-16-24-100)121-53-49-117-45-40-113-36-32-109-12)75(65-96)87(104)125-67-95(68-126-88(105)76(66-97)72-58-92(3,4)62-78(101-25-17-18-26-101)84(72)122-54-50-118-46-41-114-37-33-110-13,69-127-89(106)81(98-9)73-59-93(5,6)63-79(102-27-19-20-28-102)85(73)123-55-51-119-47-42-115-38-34-111-14)70-128-90(107)82(99-10)74-60-94(7,8)64-80(103-29-21-22-30-103)86(74)124-56-52-120-48-44-116-43-39-112-35-31-108-11/h15-64,67-70H2,1-8,11-14H3/b75-71+,76-72+,81-73-,82-74+. The van der Waals surface area contributed by atoms with Crippen LogP contribution in [0.5, 0.6) is 0 Å². The molecular formula is C95H144N8O25. The summed E-state index contributed by atoms with van der Waals surface area (Å²) >= 11 is 0. The molecule has 33 heteroatoms. The molecule has 714 valence electrons. The zero-order valence-electron chi connectivity index (χ0n) is 78.5. The van der Waals surface area contributed by atoms with Crippen molar-refractivity contribution in [2.24, 2.45) is 27.1 Å². The molecule has 4 aliphatic heterocycles. The van der Waals surface area contributed by atoms with Gasteiger partial charge in [-0.05, 0) is 124 Å². The summed E-state index contributed by atoms with van der Waals surface area (Å²) in [5, 5.41) is 23.2. The number of methoxy groups -OCH3 is 4. The van der Waals surface area contributed by atoms with E-state index in [0.29, 0.717) is 187 Å². The zero-order chi connectivity index (χ0) is 92.2. The molecule has 4 heterocycles. The summed E-state index contributed by atoms with van der Waals surface area (Å²) in [6.07, 6.45) is 10.0. The average molecular weight is 1800 g/mol. The highest BCUT2D eigenvalue weighted by molar-refractivity contribution is 5.96. The molecule has 0 atom stereocenters. The second-order valence-electron chi connectivity index (χ2n) is 36.4. The minimum Gasteiger partial charge on any atom is -0.490 e. The van der Waals surface area contributed by atoms with Crippen LogP contribution in [-0.2, 0) is 119 Å². The molecule has 4 aliphatic carbocycles. The molecule has 0 aromatic rings. The van der Waals surface area contributed by atoms with Crippen molar-refractivity contribution in [2.45, 2.75) is 158 Å². The summed E-state index contributed by atoms with van der Waals surface area (Å²) in [5.74, 6) is -3.36. The van der Waals surface area contributed by atoms with Crippen molar-refractivity contribution in [3.8, 4) is 12.1 Å². The van der Waals surface area contributed by atoms with Crippen molar-refractivity contribution in [3.05, 3.63) is 113 Å². The number of esters is 4. The lowest BCUT2D eigenvalue weighted by atomic mass is 9.74. The van der Waals surface area contributed by atoms with Crippen LogP contribution in [0.3, 0.4) is 0 Å². The van der Waals surface area contributed by atoms with Gasteiger partial charge in [-0.15, -0.1) is 0 Å². The Labute approximate surface area is 759 Å². The Morgan fingerprint density at radius 1 is 0.305 bits per heavy atom. The molecule has 33 nitrogen and oxygen atoms in total. The van der Waals surface area contributed by atoms with E-state index < -0.39 is 99.9 Å². The summed E-state index contributed by atoms with van der Waals surface area (Å²) in [6, 6.07) is 4.36. The number of carbonyl (C=O) groups excluding carboxylic acids is 4. The lowest BCUT2D eigenvalue weighted by Gasteiger charge is -2.39. The van der Waals surface area contributed by atoms with Crippen LogP contribution in [0.4, 0.5) is 0 Å². The Bertz CT molecular complexity index is 3660. The van der Waals surface area contributed by atoms with E-state index in [9.17, 15) is 10.5 Å². The van der Waals surface area contributed by atoms with Gasteiger partial charge in [0.2, 0.25) is 0 Å². The van der Waals surface area contributed by atoms with Crippen LogP contribution in [0.1, 0.15) is 158 Å². The lowest BCUT2D eigenvalue weighted by Crippen LogP contribution is -2.44. The molecule has 0 bridgehead atoms. The van der Waals surface area contributed by atoms with E-state index >= 15 is 19.2 Å². The number of allylic oxidation sites excluding steroid dienone is 8. The number of ether oxygens (including phenoxy) is 21. The Hall–Kier alpha value is -8.36. The third-order valence-electron chi connectivity index (χ3n) is 23.2. The highest BCUT2D eigenvalue weighted by Gasteiger charge is 2.47. The lowest BCUT2D eigenvalue weighted by molar-refractivity contribution is -0.165. The molecule has 0 amide bonds. The molecule has 0 aromatic carbocycles. The Morgan fingerprint density at radius 2 is 0.500 bits per heavy atom. The van der Waals surface area contributed by atoms with Gasteiger partial charge in [-0.1, -0.05) is 55.4 Å². The Balaban J connectivity index is 1.27. The van der Waals surface area contributed by atoms with Gasteiger partial charge in [0.25, 0.3) is 11.4 Å². The number of likely N-dealkylation sites (tertiary alicyclic amines) is 4. The van der Waals surface area contributed by atoms with Crippen molar-refractivity contribution in [3.63, 3.8) is 0 Å². The second kappa shape index (κ2) is 55.1. The fourth-order valence-electron chi connectivity index (χ4n) is 17.0. The highest BCUT2D eigenvalue weighted by atomic mass is 16.6. The van der Waals surface area contributed by atoms with Crippen molar-refractivity contribution in [1.82, 2.24) is 19.6 Å². The Kier molecular flexibility index (Phi) is 45.2. The van der Waals surface area contributed by atoms with Gasteiger partial charge in [-0.2, -0.15) is 10.5 Å². The fourth-order valence-corrected chi connectivity index (χ4v) is 17.0. The third kappa shape index (κ3) is 33.5. The quantitative estimate of drug-likeness (QED) is 0.0136. The van der Waals surface area contributed by atoms with Gasteiger partial charge in [0.1, 0.15) is 105 Å². The number of nitriles is 2. The maximum absolute atomic E-state index is 15.8. The molecule has 0 aromatic heterocycles. The van der Waals surface area contributed by atoms with Crippen molar-refractivity contribution in [2.75, 3.05) is 279 Å². The molecule has 0 saturated carbocycles. The maximum atomic E-state index is 15.8. The van der Waals surface area contributed by atoms with E-state index in [0.717, 1.165) is 74.2 Å². The summed E-state index contributed by atoms with van der Waals surface area (Å²) < 4.78 is 125. The molecule has 8 rings (SSSR count). The van der Waals surface area contributed by atoms with Crippen LogP contribution in [-0.4, -0.2) is 322 Å². The zero-order valence-corrected chi connectivity index (χ0v) is 78.5. The van der Waals surface area contributed by atoms with E-state index in [1.165, 1.54) is 0 Å². The van der Waals surface area contributed by atoms with E-state index in [4.69, 9.17) is 113 Å². The number of carbonyl (C=O) groups is 4. The van der Waals surface area contributed by atoms with Crippen LogP contribution >= 0.6 is 0 Å². The smallest absolute Gasteiger partial charge is 0.349 e. The van der Waals surface area contributed by atoms with Gasteiger partial charge in [0.05, 0.1) is 181 Å². The summed E-state index contributed by atoms with van der Waals surface area (Å²) in [6.45, 7) is 43.0. The van der Waals surface area contributed by atoms with Gasteiger partial charge >= 0.3 is 23.9 Å². The summed E-state index contributed by atoms with van der Waals surface area (Å²) in [4.78, 5) is 80.1. The minimum absolute atomic E-state index is 0.0228. The van der Waals surface area contributed by atoms with Gasteiger partial charge < -0.3 is 119 Å². The van der Waals surface area contributed by atoms with Crippen LogP contribution in [0, 0.1) is 62.9 Å². The van der Waals surface area contributed by atoms with Crippen LogP contribution in [0.2, 0.25) is 0 Å². The molecule has 0 spiro atoms. The van der Waals surface area contributed by atoms with E-state index in [1.807, 2.05) is 55.4 Å². The van der Waals surface area contributed by atoms with Crippen molar-refractivity contribution in [1.29, 1.82) is 10.5 Å². The first-order valence-corrected chi connectivity index (χ1v) is 45.6. The van der Waals surface area contributed by atoms with E-state index in [1.54, 1.807) is 28.4 Å². The molecule has 128 heavy (non-hydrogen) atoms. The largest absolute Gasteiger partial charge is 0.490 e. The normalized spacial score (nSPS) is 20.2. The highest BCUT2D eigenvalue weighted by Crippen LogP contribution is 2.51. The van der Waals surface area contributed by atoms with Gasteiger partial charge in [-0.3, -0.25) is 9.59 Å². The van der Waals surface area contributed by atoms with Gasteiger partial charge in [-0.25, -0.2) is 19.3 Å². The monoisotopic (exact) mass is 1800 g/mol. The van der Waals surface area contributed by atoms with Crippen molar-refractivity contribution >= 4 is 23.9 Å². The first-order valence-electron chi connectivity index (χ1n) is 45.6. The minimum atomic E-state index is -2.24. The first kappa shape index (κ1) is 105. The SMILES string of the molecule is [C-]#[N+]/C(C(=O)OCC(COC(=O)/C(C#N)=C1\CC(C)(C)CC(N2CCCC2)=C1OCCOCCOCCOC)(COC(=O)/C(C#N)=C1\CC(C)(C)CC(N2CCCC2)=C1OCCOCCOCCOC)COC(=O)/C([N+]#[C-])=C1/CC(C)(C)CC(N2CCCC2)=C1OCCOCCOCCOCCOC)=C1/CC(C)(C)CC(N2CCCC2)=C1OCCOCCOCCOC. The van der Waals surface area contributed by atoms with Gasteiger partial charge in [0, 0.05) is 103 Å². The number of rotatable bonds is 59. The van der Waals surface area contributed by atoms with Crippen LogP contribution in [0.15, 0.2) is 90.7 Å².